The summed E-state index contributed by atoms with van der Waals surface area (Å²) in [5.74, 6) is 0.472. The van der Waals surface area contributed by atoms with E-state index in [0.717, 1.165) is 5.56 Å². The number of nitrogens with zero attached hydrogens (tertiary/aromatic N) is 3. The fourth-order valence-electron chi connectivity index (χ4n) is 2.22. The van der Waals surface area contributed by atoms with Gasteiger partial charge in [0.2, 0.25) is 11.8 Å². The summed E-state index contributed by atoms with van der Waals surface area (Å²) in [6.07, 6.45) is 6.13. The van der Waals surface area contributed by atoms with Crippen LogP contribution in [0.3, 0.4) is 0 Å². The molecule has 2 amide bonds. The minimum absolute atomic E-state index is 0.0694. The van der Waals surface area contributed by atoms with Gasteiger partial charge in [0.1, 0.15) is 6.04 Å². The van der Waals surface area contributed by atoms with Gasteiger partial charge in [-0.1, -0.05) is 0 Å². The molecule has 2 aromatic rings. The molecule has 0 spiro atoms. The van der Waals surface area contributed by atoms with Gasteiger partial charge in [-0.15, -0.1) is 0 Å². The second kappa shape index (κ2) is 5.74. The van der Waals surface area contributed by atoms with Crippen molar-refractivity contribution in [2.45, 2.75) is 25.4 Å². The molecule has 1 fully saturated rings. The van der Waals surface area contributed by atoms with Crippen LogP contribution in [0.25, 0.3) is 5.82 Å². The molecule has 3 heterocycles. The van der Waals surface area contributed by atoms with E-state index in [2.05, 4.69) is 20.7 Å². The van der Waals surface area contributed by atoms with Crippen molar-refractivity contribution in [3.05, 3.63) is 42.4 Å². The normalized spacial score (nSPS) is 17.5. The monoisotopic (exact) mass is 285 g/mol. The smallest absolute Gasteiger partial charge is 0.242 e. The quantitative estimate of drug-likeness (QED) is 0.837. The van der Waals surface area contributed by atoms with E-state index in [-0.39, 0.29) is 11.8 Å². The van der Waals surface area contributed by atoms with Gasteiger partial charge >= 0.3 is 0 Å². The summed E-state index contributed by atoms with van der Waals surface area (Å²) < 4.78 is 1.66. The van der Waals surface area contributed by atoms with E-state index in [1.165, 1.54) is 0 Å². The summed E-state index contributed by atoms with van der Waals surface area (Å²) in [4.78, 5) is 27.2. The van der Waals surface area contributed by atoms with Gasteiger partial charge in [0, 0.05) is 31.6 Å². The number of amides is 2. The molecule has 7 nitrogen and oxygen atoms in total. The van der Waals surface area contributed by atoms with Crippen LogP contribution in [0, 0.1) is 0 Å². The lowest BCUT2D eigenvalue weighted by molar-refractivity contribution is -0.125. The average molecular weight is 285 g/mol. The van der Waals surface area contributed by atoms with Crippen molar-refractivity contribution in [3.8, 4) is 5.82 Å². The van der Waals surface area contributed by atoms with Crippen LogP contribution in [-0.4, -0.2) is 32.6 Å². The first kappa shape index (κ1) is 13.3. The molecule has 108 valence electrons. The first-order valence-corrected chi connectivity index (χ1v) is 6.74. The fourth-order valence-corrected chi connectivity index (χ4v) is 2.22. The van der Waals surface area contributed by atoms with Crippen LogP contribution in [0.2, 0.25) is 0 Å². The Labute approximate surface area is 121 Å². The molecule has 3 rings (SSSR count). The van der Waals surface area contributed by atoms with Gasteiger partial charge in [-0.05, 0) is 30.2 Å². The van der Waals surface area contributed by atoms with E-state index in [0.29, 0.717) is 25.2 Å². The molecule has 2 aromatic heterocycles. The van der Waals surface area contributed by atoms with Gasteiger partial charge in [0.25, 0.3) is 0 Å². The van der Waals surface area contributed by atoms with Crippen LogP contribution in [0.1, 0.15) is 18.4 Å². The lowest BCUT2D eigenvalue weighted by Crippen LogP contribution is -2.41. The molecule has 0 aromatic carbocycles. The van der Waals surface area contributed by atoms with E-state index in [4.69, 9.17) is 0 Å². The average Bonchev–Trinajstić information content (AvgIpc) is 3.16. The minimum Gasteiger partial charge on any atom is -0.350 e. The Balaban J connectivity index is 1.62. The van der Waals surface area contributed by atoms with Gasteiger partial charge in [-0.25, -0.2) is 9.67 Å². The van der Waals surface area contributed by atoms with Crippen molar-refractivity contribution in [1.82, 2.24) is 25.4 Å². The summed E-state index contributed by atoms with van der Waals surface area (Å²) in [6, 6.07) is 5.10. The summed E-state index contributed by atoms with van der Waals surface area (Å²) >= 11 is 0. The second-order valence-electron chi connectivity index (χ2n) is 4.85. The maximum atomic E-state index is 11.9. The molecule has 0 saturated carbocycles. The summed E-state index contributed by atoms with van der Waals surface area (Å²) in [7, 11) is 0. The fraction of sp³-hybridized carbons (Fsp3) is 0.286. The van der Waals surface area contributed by atoms with Crippen LogP contribution in [0.15, 0.2) is 36.8 Å². The standard InChI is InChI=1S/C14H15N5O2/c20-13-3-2-11(18-13)14(21)16-9-10-4-6-15-12(8-10)19-7-1-5-17-19/h1,4-8,11H,2-3,9H2,(H,16,21)(H,18,20)/t11-/m1/s1. The largest absolute Gasteiger partial charge is 0.350 e. The van der Waals surface area contributed by atoms with Gasteiger partial charge < -0.3 is 10.6 Å². The van der Waals surface area contributed by atoms with Gasteiger partial charge in [-0.3, -0.25) is 9.59 Å². The topological polar surface area (TPSA) is 88.9 Å². The third kappa shape index (κ3) is 3.07. The lowest BCUT2D eigenvalue weighted by atomic mass is 10.2. The number of aromatic nitrogens is 3. The van der Waals surface area contributed by atoms with E-state index < -0.39 is 6.04 Å². The predicted octanol–water partition coefficient (Wildman–Crippen LogP) is 0.162. The molecule has 21 heavy (non-hydrogen) atoms. The van der Waals surface area contributed by atoms with Crippen LogP contribution in [-0.2, 0) is 16.1 Å². The Morgan fingerprint density at radius 3 is 3.10 bits per heavy atom. The third-order valence-electron chi connectivity index (χ3n) is 3.33. The number of carbonyl (C=O) groups excluding carboxylic acids is 2. The minimum atomic E-state index is -0.412. The Morgan fingerprint density at radius 1 is 1.48 bits per heavy atom. The summed E-state index contributed by atoms with van der Waals surface area (Å²) in [5.41, 5.74) is 0.924. The van der Waals surface area contributed by atoms with Crippen LogP contribution in [0.5, 0.6) is 0 Å². The Kier molecular flexibility index (Phi) is 3.63. The highest BCUT2D eigenvalue weighted by molar-refractivity contribution is 5.90. The number of hydrogen-bond donors (Lipinski definition) is 2. The second-order valence-corrected chi connectivity index (χ2v) is 4.85. The van der Waals surface area contributed by atoms with Crippen molar-refractivity contribution in [3.63, 3.8) is 0 Å². The van der Waals surface area contributed by atoms with Gasteiger partial charge in [0.05, 0.1) is 0 Å². The van der Waals surface area contributed by atoms with E-state index in [9.17, 15) is 9.59 Å². The van der Waals surface area contributed by atoms with Crippen LogP contribution in [0.4, 0.5) is 0 Å². The highest BCUT2D eigenvalue weighted by atomic mass is 16.2. The number of nitrogens with one attached hydrogen (secondary N) is 2. The molecule has 0 unspecified atom stereocenters. The Morgan fingerprint density at radius 2 is 2.38 bits per heavy atom. The highest BCUT2D eigenvalue weighted by Gasteiger charge is 2.26. The number of pyridine rings is 1. The van der Waals surface area contributed by atoms with Crippen molar-refractivity contribution < 1.29 is 9.59 Å². The maximum absolute atomic E-state index is 11.9. The molecule has 0 bridgehead atoms. The van der Waals surface area contributed by atoms with Crippen molar-refractivity contribution in [2.24, 2.45) is 0 Å². The third-order valence-corrected chi connectivity index (χ3v) is 3.33. The SMILES string of the molecule is O=C1CC[C@H](C(=O)NCc2ccnc(-n3cccn3)c2)N1. The molecular formula is C14H15N5O2. The molecule has 2 N–H and O–H groups in total. The molecule has 1 aliphatic rings. The van der Waals surface area contributed by atoms with Crippen molar-refractivity contribution in [1.29, 1.82) is 0 Å². The zero-order chi connectivity index (χ0) is 14.7. The van der Waals surface area contributed by atoms with Crippen molar-refractivity contribution >= 4 is 11.8 Å². The molecule has 7 heteroatoms. The van der Waals surface area contributed by atoms with Crippen LogP contribution >= 0.6 is 0 Å². The summed E-state index contributed by atoms with van der Waals surface area (Å²) in [5, 5.41) is 9.58. The highest BCUT2D eigenvalue weighted by Crippen LogP contribution is 2.08. The first-order chi connectivity index (χ1) is 10.2. The molecule has 0 aliphatic carbocycles. The molecule has 1 atom stereocenters. The van der Waals surface area contributed by atoms with Crippen LogP contribution < -0.4 is 10.6 Å². The number of hydrogen-bond acceptors (Lipinski definition) is 4. The van der Waals surface area contributed by atoms with E-state index >= 15 is 0 Å². The maximum Gasteiger partial charge on any atom is 0.242 e. The zero-order valence-corrected chi connectivity index (χ0v) is 11.3. The van der Waals surface area contributed by atoms with Crippen molar-refractivity contribution in [2.75, 3.05) is 0 Å². The summed E-state index contributed by atoms with van der Waals surface area (Å²) in [6.45, 7) is 0.391. The van der Waals surface area contributed by atoms with E-state index in [1.54, 1.807) is 23.3 Å². The van der Waals surface area contributed by atoms with Gasteiger partial charge in [-0.2, -0.15) is 5.10 Å². The zero-order valence-electron chi connectivity index (χ0n) is 11.3. The molecular weight excluding hydrogens is 270 g/mol. The first-order valence-electron chi connectivity index (χ1n) is 6.74. The lowest BCUT2D eigenvalue weighted by Gasteiger charge is -2.11. The van der Waals surface area contributed by atoms with Gasteiger partial charge in [0.15, 0.2) is 5.82 Å². The molecule has 1 aliphatic heterocycles. The number of carbonyl (C=O) groups is 2. The Hall–Kier alpha value is -2.70. The van der Waals surface area contributed by atoms with E-state index in [1.807, 2.05) is 18.2 Å². The predicted molar refractivity (Wildman–Crippen MR) is 74.4 cm³/mol. The molecule has 0 radical (unpaired) electrons. The number of rotatable bonds is 4. The Bertz CT molecular complexity index is 653. The molecule has 1 saturated heterocycles.